The standard InChI is InChI=1S/C20H26O7S2/c1-17-3-7-19(8-4-17)28(21,22)16-15-26-12-11-25-13-14-27-29(23,24)20-9-5-18(2)6-10-20/h3-10H,11-16H2,1-2H3. The highest BCUT2D eigenvalue weighted by atomic mass is 32.2. The molecule has 160 valence electrons. The summed E-state index contributed by atoms with van der Waals surface area (Å²) < 4.78 is 63.7. The summed E-state index contributed by atoms with van der Waals surface area (Å²) >= 11 is 0. The summed E-state index contributed by atoms with van der Waals surface area (Å²) in [5.74, 6) is -0.117. The second-order valence-corrected chi connectivity index (χ2v) is 10.2. The van der Waals surface area contributed by atoms with Crippen molar-refractivity contribution in [3.05, 3.63) is 59.7 Å². The van der Waals surface area contributed by atoms with Gasteiger partial charge in [0.2, 0.25) is 0 Å². The van der Waals surface area contributed by atoms with E-state index < -0.39 is 20.0 Å². The second-order valence-electron chi connectivity index (χ2n) is 6.45. The Labute approximate surface area is 172 Å². The molecule has 0 fully saturated rings. The molecule has 2 rings (SSSR count). The van der Waals surface area contributed by atoms with Crippen LogP contribution in [0.2, 0.25) is 0 Å². The van der Waals surface area contributed by atoms with Gasteiger partial charge in [-0.25, -0.2) is 8.42 Å². The van der Waals surface area contributed by atoms with Gasteiger partial charge in [0.15, 0.2) is 9.84 Å². The third kappa shape index (κ3) is 7.87. The van der Waals surface area contributed by atoms with Crippen LogP contribution in [0, 0.1) is 13.8 Å². The normalized spacial score (nSPS) is 12.2. The van der Waals surface area contributed by atoms with Crippen molar-refractivity contribution >= 4 is 20.0 Å². The van der Waals surface area contributed by atoms with Gasteiger partial charge in [0.05, 0.1) is 48.6 Å². The number of hydrogen-bond acceptors (Lipinski definition) is 7. The first kappa shape index (κ1) is 23.5. The number of rotatable bonds is 12. The highest BCUT2D eigenvalue weighted by Crippen LogP contribution is 2.13. The van der Waals surface area contributed by atoms with Gasteiger partial charge in [-0.15, -0.1) is 0 Å². The first-order valence-corrected chi connectivity index (χ1v) is 12.2. The summed E-state index contributed by atoms with van der Waals surface area (Å²) in [7, 11) is -7.18. The minimum atomic E-state index is -3.80. The molecule has 0 amide bonds. The Hall–Kier alpha value is -1.78. The summed E-state index contributed by atoms with van der Waals surface area (Å²) in [5.41, 5.74) is 1.95. The van der Waals surface area contributed by atoms with Crippen LogP contribution in [0.3, 0.4) is 0 Å². The van der Waals surface area contributed by atoms with Gasteiger partial charge in [-0.3, -0.25) is 4.18 Å². The van der Waals surface area contributed by atoms with Crippen molar-refractivity contribution in [1.29, 1.82) is 0 Å². The van der Waals surface area contributed by atoms with Gasteiger partial charge < -0.3 is 9.47 Å². The average molecular weight is 443 g/mol. The molecule has 0 aliphatic rings. The lowest BCUT2D eigenvalue weighted by Gasteiger charge is -2.08. The summed E-state index contributed by atoms with van der Waals surface area (Å²) in [6, 6.07) is 13.0. The van der Waals surface area contributed by atoms with E-state index in [0.29, 0.717) is 0 Å². The fourth-order valence-electron chi connectivity index (χ4n) is 2.33. The van der Waals surface area contributed by atoms with E-state index in [1.54, 1.807) is 36.4 Å². The maximum atomic E-state index is 12.2. The van der Waals surface area contributed by atoms with E-state index in [1.165, 1.54) is 12.1 Å². The number of benzene rings is 2. The van der Waals surface area contributed by atoms with E-state index in [9.17, 15) is 16.8 Å². The van der Waals surface area contributed by atoms with E-state index in [4.69, 9.17) is 13.7 Å². The van der Waals surface area contributed by atoms with Crippen LogP contribution in [0.1, 0.15) is 11.1 Å². The van der Waals surface area contributed by atoms with E-state index in [0.717, 1.165) is 11.1 Å². The Morgan fingerprint density at radius 1 is 0.621 bits per heavy atom. The van der Waals surface area contributed by atoms with Crippen molar-refractivity contribution in [1.82, 2.24) is 0 Å². The quantitative estimate of drug-likeness (QED) is 0.368. The van der Waals surface area contributed by atoms with Gasteiger partial charge in [0, 0.05) is 0 Å². The van der Waals surface area contributed by atoms with Gasteiger partial charge in [-0.05, 0) is 38.1 Å². The molecule has 0 radical (unpaired) electrons. The molecular formula is C20H26O7S2. The van der Waals surface area contributed by atoms with Crippen molar-refractivity contribution in [3.63, 3.8) is 0 Å². The third-order valence-electron chi connectivity index (χ3n) is 4.02. The van der Waals surface area contributed by atoms with Crippen LogP contribution in [0.5, 0.6) is 0 Å². The van der Waals surface area contributed by atoms with Crippen molar-refractivity contribution in [2.45, 2.75) is 23.6 Å². The Bertz CT molecular complexity index is 883. The topological polar surface area (TPSA) is 96.0 Å². The minimum Gasteiger partial charge on any atom is -0.378 e. The molecule has 2 aromatic rings. The third-order valence-corrected chi connectivity index (χ3v) is 7.05. The lowest BCUT2D eigenvalue weighted by atomic mass is 10.2. The van der Waals surface area contributed by atoms with E-state index in [-0.39, 0.29) is 48.6 Å². The summed E-state index contributed by atoms with van der Waals surface area (Å²) in [5, 5.41) is 0. The summed E-state index contributed by atoms with van der Waals surface area (Å²) in [6.45, 7) is 4.19. The van der Waals surface area contributed by atoms with Crippen LogP contribution in [-0.4, -0.2) is 55.6 Å². The van der Waals surface area contributed by atoms with Crippen LogP contribution < -0.4 is 0 Å². The van der Waals surface area contributed by atoms with Crippen molar-refractivity contribution in [2.75, 3.05) is 38.8 Å². The fraction of sp³-hybridized carbons (Fsp3) is 0.400. The SMILES string of the molecule is Cc1ccc(S(=O)(=O)CCOCCOCCOS(=O)(=O)c2ccc(C)cc2)cc1. The van der Waals surface area contributed by atoms with Crippen molar-refractivity contribution < 1.29 is 30.5 Å². The molecule has 0 saturated carbocycles. The van der Waals surface area contributed by atoms with Crippen LogP contribution in [0.4, 0.5) is 0 Å². The molecule has 0 aromatic heterocycles. The van der Waals surface area contributed by atoms with Gasteiger partial charge in [0.25, 0.3) is 10.1 Å². The molecule has 0 aliphatic carbocycles. The fourth-order valence-corrected chi connectivity index (χ4v) is 4.35. The molecule has 0 heterocycles. The largest absolute Gasteiger partial charge is 0.378 e. The zero-order valence-corrected chi connectivity index (χ0v) is 18.2. The molecule has 0 saturated heterocycles. The lowest BCUT2D eigenvalue weighted by Crippen LogP contribution is -2.16. The van der Waals surface area contributed by atoms with E-state index in [1.807, 2.05) is 13.8 Å². The van der Waals surface area contributed by atoms with Gasteiger partial charge in [-0.1, -0.05) is 35.4 Å². The lowest BCUT2D eigenvalue weighted by molar-refractivity contribution is 0.0418. The minimum absolute atomic E-state index is 0.0534. The highest BCUT2D eigenvalue weighted by Gasteiger charge is 2.15. The molecule has 9 heteroatoms. The van der Waals surface area contributed by atoms with E-state index >= 15 is 0 Å². The van der Waals surface area contributed by atoms with Crippen molar-refractivity contribution in [2.24, 2.45) is 0 Å². The molecule has 2 aromatic carbocycles. The van der Waals surface area contributed by atoms with Gasteiger partial charge in [-0.2, -0.15) is 8.42 Å². The molecular weight excluding hydrogens is 416 g/mol. The molecule has 0 spiro atoms. The number of aryl methyl sites for hydroxylation is 2. The molecule has 29 heavy (non-hydrogen) atoms. The molecule has 0 bridgehead atoms. The predicted molar refractivity (Wildman–Crippen MR) is 109 cm³/mol. The van der Waals surface area contributed by atoms with Crippen LogP contribution in [0.15, 0.2) is 58.3 Å². The smallest absolute Gasteiger partial charge is 0.297 e. The summed E-state index contributed by atoms with van der Waals surface area (Å²) in [4.78, 5) is 0.371. The second kappa shape index (κ2) is 10.8. The number of ether oxygens (including phenoxy) is 2. The zero-order valence-electron chi connectivity index (χ0n) is 16.5. The first-order chi connectivity index (χ1) is 13.7. The molecule has 0 atom stereocenters. The van der Waals surface area contributed by atoms with Crippen LogP contribution in [0.25, 0.3) is 0 Å². The molecule has 0 N–H and O–H groups in total. The monoisotopic (exact) mass is 442 g/mol. The average Bonchev–Trinajstić information content (AvgIpc) is 2.67. The molecule has 7 nitrogen and oxygen atoms in total. The van der Waals surface area contributed by atoms with E-state index in [2.05, 4.69) is 0 Å². The Morgan fingerprint density at radius 3 is 1.62 bits per heavy atom. The maximum absolute atomic E-state index is 12.2. The Morgan fingerprint density at radius 2 is 1.07 bits per heavy atom. The maximum Gasteiger partial charge on any atom is 0.297 e. The van der Waals surface area contributed by atoms with Gasteiger partial charge in [0.1, 0.15) is 0 Å². The van der Waals surface area contributed by atoms with Crippen molar-refractivity contribution in [3.8, 4) is 0 Å². The molecule has 0 aliphatic heterocycles. The molecule has 0 unspecified atom stereocenters. The van der Waals surface area contributed by atoms with Gasteiger partial charge >= 0.3 is 0 Å². The summed E-state index contributed by atoms with van der Waals surface area (Å²) in [6.07, 6.45) is 0. The predicted octanol–water partition coefficient (Wildman–Crippen LogP) is 2.52. The van der Waals surface area contributed by atoms with Crippen LogP contribution >= 0.6 is 0 Å². The van der Waals surface area contributed by atoms with Crippen LogP contribution in [-0.2, 0) is 33.6 Å². The number of sulfone groups is 1. The highest BCUT2D eigenvalue weighted by molar-refractivity contribution is 7.91. The Kier molecular flexibility index (Phi) is 8.79. The number of hydrogen-bond donors (Lipinski definition) is 0. The Balaban J connectivity index is 1.58. The first-order valence-electron chi connectivity index (χ1n) is 9.12. The zero-order chi connectivity index (χ0) is 21.3.